The summed E-state index contributed by atoms with van der Waals surface area (Å²) in [6, 6.07) is 14.9. The number of piperidine rings is 1. The van der Waals surface area contributed by atoms with Gasteiger partial charge >= 0.3 is 0 Å². The number of halogens is 1. The summed E-state index contributed by atoms with van der Waals surface area (Å²) in [7, 11) is 0. The van der Waals surface area contributed by atoms with E-state index in [-0.39, 0.29) is 17.6 Å². The second kappa shape index (κ2) is 9.26. The van der Waals surface area contributed by atoms with Gasteiger partial charge in [-0.1, -0.05) is 36.0 Å². The summed E-state index contributed by atoms with van der Waals surface area (Å²) < 4.78 is 13.7. The molecule has 5 nitrogen and oxygen atoms in total. The summed E-state index contributed by atoms with van der Waals surface area (Å²) >= 11 is 1.59. The number of hydrogen-bond acceptors (Lipinski definition) is 5. The maximum absolute atomic E-state index is 13.7. The number of aryl methyl sites for hydroxylation is 1. The number of nitrogens with zero attached hydrogens (tertiary/aromatic N) is 3. The molecule has 4 rings (SSSR count). The monoisotopic (exact) mass is 422 g/mol. The van der Waals surface area contributed by atoms with Gasteiger partial charge in [0.25, 0.3) is 0 Å². The fraction of sp³-hybridized carbons (Fsp3) is 0.261. The van der Waals surface area contributed by atoms with Crippen molar-refractivity contribution in [3.8, 4) is 0 Å². The third-order valence-corrected chi connectivity index (χ3v) is 6.20. The zero-order valence-electron chi connectivity index (χ0n) is 16.7. The van der Waals surface area contributed by atoms with Crippen LogP contribution >= 0.6 is 11.8 Å². The highest BCUT2D eigenvalue weighted by Crippen LogP contribution is 2.34. The maximum Gasteiger partial charge on any atom is 0.227 e. The van der Waals surface area contributed by atoms with Crippen molar-refractivity contribution in [3.63, 3.8) is 0 Å². The van der Waals surface area contributed by atoms with Crippen molar-refractivity contribution in [2.75, 3.05) is 23.3 Å². The predicted molar refractivity (Wildman–Crippen MR) is 117 cm³/mol. The van der Waals surface area contributed by atoms with Crippen molar-refractivity contribution in [2.24, 2.45) is 5.92 Å². The summed E-state index contributed by atoms with van der Waals surface area (Å²) in [6.45, 7) is 3.15. The van der Waals surface area contributed by atoms with Gasteiger partial charge in [-0.25, -0.2) is 14.4 Å². The molecule has 3 aromatic rings. The Balaban J connectivity index is 1.39. The number of hydrogen-bond donors (Lipinski definition) is 1. The van der Waals surface area contributed by atoms with Gasteiger partial charge in [-0.15, -0.1) is 0 Å². The molecule has 2 aromatic carbocycles. The van der Waals surface area contributed by atoms with E-state index in [1.807, 2.05) is 30.3 Å². The largest absolute Gasteiger partial charge is 0.354 e. The van der Waals surface area contributed by atoms with Crippen LogP contribution in [0, 0.1) is 18.7 Å². The van der Waals surface area contributed by atoms with Crippen LogP contribution < -0.4 is 10.2 Å². The molecular formula is C23H23FN4OS. The molecule has 1 aromatic heterocycles. The lowest BCUT2D eigenvalue weighted by atomic mass is 9.96. The van der Waals surface area contributed by atoms with Crippen molar-refractivity contribution < 1.29 is 9.18 Å². The second-order valence-electron chi connectivity index (χ2n) is 7.31. The quantitative estimate of drug-likeness (QED) is 0.632. The lowest BCUT2D eigenvalue weighted by molar-refractivity contribution is -0.120. The first-order valence-electron chi connectivity index (χ1n) is 9.96. The molecule has 0 saturated carbocycles. The Morgan fingerprint density at radius 3 is 2.57 bits per heavy atom. The fourth-order valence-electron chi connectivity index (χ4n) is 3.48. The number of anilines is 2. The SMILES string of the molecule is Cc1ccc(NC(=O)C2CCN(c3nccnc3Sc3ccccc3)CC2)cc1F. The molecule has 30 heavy (non-hydrogen) atoms. The molecule has 2 heterocycles. The van der Waals surface area contributed by atoms with E-state index >= 15 is 0 Å². The summed E-state index contributed by atoms with van der Waals surface area (Å²) in [5.41, 5.74) is 1.07. The molecule has 1 amide bonds. The van der Waals surface area contributed by atoms with Gasteiger partial charge in [0.15, 0.2) is 5.82 Å². The predicted octanol–water partition coefficient (Wildman–Crippen LogP) is 4.93. The van der Waals surface area contributed by atoms with Gasteiger partial charge in [0.05, 0.1) is 0 Å². The Morgan fingerprint density at radius 1 is 1.10 bits per heavy atom. The zero-order valence-corrected chi connectivity index (χ0v) is 17.5. The third-order valence-electron chi connectivity index (χ3n) is 5.21. The number of benzene rings is 2. The van der Waals surface area contributed by atoms with Crippen LogP contribution in [0.1, 0.15) is 18.4 Å². The first-order valence-corrected chi connectivity index (χ1v) is 10.8. The number of nitrogens with one attached hydrogen (secondary N) is 1. The number of carbonyl (C=O) groups excluding carboxylic acids is 1. The van der Waals surface area contributed by atoms with Crippen LogP contribution in [0.2, 0.25) is 0 Å². The van der Waals surface area contributed by atoms with E-state index in [4.69, 9.17) is 0 Å². The molecule has 7 heteroatoms. The van der Waals surface area contributed by atoms with Crippen molar-refractivity contribution >= 4 is 29.2 Å². The highest BCUT2D eigenvalue weighted by atomic mass is 32.2. The minimum Gasteiger partial charge on any atom is -0.354 e. The van der Waals surface area contributed by atoms with E-state index in [0.29, 0.717) is 24.1 Å². The van der Waals surface area contributed by atoms with Gasteiger partial charge < -0.3 is 10.2 Å². The zero-order chi connectivity index (χ0) is 20.9. The third kappa shape index (κ3) is 4.79. The Bertz CT molecular complexity index is 1020. The Morgan fingerprint density at radius 2 is 1.83 bits per heavy atom. The van der Waals surface area contributed by atoms with Gasteiger partial charge in [-0.3, -0.25) is 4.79 Å². The average molecular weight is 423 g/mol. The van der Waals surface area contributed by atoms with Crippen molar-refractivity contribution in [3.05, 3.63) is 72.3 Å². The van der Waals surface area contributed by atoms with Gasteiger partial charge in [-0.05, 0) is 49.6 Å². The van der Waals surface area contributed by atoms with Gasteiger partial charge in [0, 0.05) is 42.0 Å². The standard InChI is InChI=1S/C23H23FN4OS/c1-16-7-8-18(15-20(16)24)27-22(29)17-9-13-28(14-10-17)21-23(26-12-11-25-21)30-19-5-3-2-4-6-19/h2-8,11-12,15,17H,9-10,13-14H2,1H3,(H,27,29). The van der Waals surface area contributed by atoms with E-state index in [1.165, 1.54) is 6.07 Å². The number of rotatable bonds is 5. The Labute approximate surface area is 179 Å². The van der Waals surface area contributed by atoms with E-state index in [2.05, 4.69) is 20.2 Å². The van der Waals surface area contributed by atoms with Crippen LogP contribution in [0.5, 0.6) is 0 Å². The van der Waals surface area contributed by atoms with E-state index in [0.717, 1.165) is 28.8 Å². The van der Waals surface area contributed by atoms with Crippen LogP contribution in [-0.4, -0.2) is 29.0 Å². The van der Waals surface area contributed by atoms with E-state index in [1.54, 1.807) is 43.2 Å². The van der Waals surface area contributed by atoms with Gasteiger partial charge in [0.2, 0.25) is 5.91 Å². The van der Waals surface area contributed by atoms with E-state index < -0.39 is 0 Å². The Hall–Kier alpha value is -2.93. The van der Waals surface area contributed by atoms with Crippen molar-refractivity contribution in [1.29, 1.82) is 0 Å². The molecule has 0 radical (unpaired) electrons. The first kappa shape index (κ1) is 20.3. The van der Waals surface area contributed by atoms with Gasteiger partial charge in [0.1, 0.15) is 10.8 Å². The lowest BCUT2D eigenvalue weighted by Crippen LogP contribution is -2.38. The molecule has 1 saturated heterocycles. The molecular weight excluding hydrogens is 399 g/mol. The minimum atomic E-state index is -0.311. The molecule has 0 unspecified atom stereocenters. The summed E-state index contributed by atoms with van der Waals surface area (Å²) in [5.74, 6) is 0.378. The van der Waals surface area contributed by atoms with Crippen LogP contribution in [0.4, 0.5) is 15.9 Å². The summed E-state index contributed by atoms with van der Waals surface area (Å²) in [4.78, 5) is 25.0. The maximum atomic E-state index is 13.7. The minimum absolute atomic E-state index is 0.0593. The van der Waals surface area contributed by atoms with Crippen LogP contribution in [-0.2, 0) is 4.79 Å². The normalized spacial score (nSPS) is 14.5. The number of carbonyl (C=O) groups is 1. The molecule has 0 bridgehead atoms. The molecule has 1 aliphatic rings. The topological polar surface area (TPSA) is 58.1 Å². The molecule has 1 fully saturated rings. The summed E-state index contributed by atoms with van der Waals surface area (Å²) in [5, 5.41) is 3.71. The van der Waals surface area contributed by atoms with Crippen molar-refractivity contribution in [1.82, 2.24) is 9.97 Å². The molecule has 0 atom stereocenters. The Kier molecular flexibility index (Phi) is 6.28. The number of aromatic nitrogens is 2. The average Bonchev–Trinajstić information content (AvgIpc) is 2.77. The van der Waals surface area contributed by atoms with Crippen LogP contribution in [0.25, 0.3) is 0 Å². The second-order valence-corrected chi connectivity index (χ2v) is 8.38. The number of amides is 1. The highest BCUT2D eigenvalue weighted by Gasteiger charge is 2.27. The van der Waals surface area contributed by atoms with Crippen molar-refractivity contribution in [2.45, 2.75) is 29.7 Å². The fourth-order valence-corrected chi connectivity index (χ4v) is 4.38. The highest BCUT2D eigenvalue weighted by molar-refractivity contribution is 7.99. The van der Waals surface area contributed by atoms with Crippen LogP contribution in [0.3, 0.4) is 0 Å². The smallest absolute Gasteiger partial charge is 0.227 e. The first-order chi connectivity index (χ1) is 14.6. The summed E-state index contributed by atoms with van der Waals surface area (Å²) in [6.07, 6.45) is 4.84. The van der Waals surface area contributed by atoms with E-state index in [9.17, 15) is 9.18 Å². The molecule has 0 spiro atoms. The lowest BCUT2D eigenvalue weighted by Gasteiger charge is -2.32. The molecule has 1 aliphatic heterocycles. The molecule has 1 N–H and O–H groups in total. The van der Waals surface area contributed by atoms with Gasteiger partial charge in [-0.2, -0.15) is 0 Å². The molecule has 154 valence electrons. The molecule has 0 aliphatic carbocycles. The van der Waals surface area contributed by atoms with Crippen LogP contribution in [0.15, 0.2) is 70.8 Å².